The van der Waals surface area contributed by atoms with E-state index in [1.807, 2.05) is 0 Å². The van der Waals surface area contributed by atoms with Crippen LogP contribution in [0.5, 0.6) is 0 Å². The predicted octanol–water partition coefficient (Wildman–Crippen LogP) is 1.70. The molecule has 0 saturated carbocycles. The monoisotopic (exact) mass is 275 g/mol. The van der Waals surface area contributed by atoms with Gasteiger partial charge in [-0.15, -0.1) is 0 Å². The topological polar surface area (TPSA) is 41.7 Å². The van der Waals surface area contributed by atoms with E-state index in [0.717, 1.165) is 32.7 Å². The van der Waals surface area contributed by atoms with E-state index in [0.29, 0.717) is 18.5 Å². The molecule has 3 rings (SSSR count). The fraction of sp³-hybridized carbons (Fsp3) is 0.625. The Bertz CT molecular complexity index is 445. The van der Waals surface area contributed by atoms with Crippen LogP contribution in [0.2, 0.25) is 0 Å². The van der Waals surface area contributed by atoms with Crippen molar-refractivity contribution in [2.24, 2.45) is 11.7 Å². The summed E-state index contributed by atoms with van der Waals surface area (Å²) in [7, 11) is 2.16. The molecule has 1 aromatic rings. The van der Waals surface area contributed by atoms with Crippen molar-refractivity contribution in [1.82, 2.24) is 0 Å². The fourth-order valence-corrected chi connectivity index (χ4v) is 3.52. The first-order valence-corrected chi connectivity index (χ1v) is 7.66. The molecule has 2 N–H and O–H groups in total. The number of para-hydroxylation sites is 2. The van der Waals surface area contributed by atoms with Gasteiger partial charge in [-0.3, -0.25) is 0 Å². The van der Waals surface area contributed by atoms with Gasteiger partial charge in [0.25, 0.3) is 0 Å². The van der Waals surface area contributed by atoms with Crippen molar-refractivity contribution >= 4 is 11.4 Å². The molecule has 2 aliphatic rings. The van der Waals surface area contributed by atoms with Gasteiger partial charge in [0.2, 0.25) is 0 Å². The first-order chi connectivity index (χ1) is 9.81. The van der Waals surface area contributed by atoms with Crippen LogP contribution in [0.25, 0.3) is 0 Å². The average molecular weight is 275 g/mol. The molecule has 2 aliphatic heterocycles. The van der Waals surface area contributed by atoms with Gasteiger partial charge >= 0.3 is 0 Å². The molecule has 20 heavy (non-hydrogen) atoms. The number of benzene rings is 1. The molecular weight excluding hydrogens is 250 g/mol. The highest BCUT2D eigenvalue weighted by Gasteiger charge is 2.31. The molecule has 0 aliphatic carbocycles. The Balaban J connectivity index is 1.86. The quantitative estimate of drug-likeness (QED) is 0.911. The molecule has 110 valence electrons. The van der Waals surface area contributed by atoms with Gasteiger partial charge in [0.05, 0.1) is 18.0 Å². The van der Waals surface area contributed by atoms with Gasteiger partial charge in [0, 0.05) is 45.2 Å². The average Bonchev–Trinajstić information content (AvgIpc) is 2.52. The third-order valence-corrected chi connectivity index (χ3v) is 4.66. The standard InChI is InChI=1S/C16H25N3O/c1-18-8-9-19(15-7-3-2-6-14(15)18)16(11-17)13-5-4-10-20-12-13/h2-3,6-7,13,16H,4-5,8-12,17H2,1H3. The van der Waals surface area contributed by atoms with Crippen LogP contribution in [-0.4, -0.2) is 45.9 Å². The Labute approximate surface area is 121 Å². The van der Waals surface area contributed by atoms with Crippen molar-refractivity contribution in [3.8, 4) is 0 Å². The Kier molecular flexibility index (Phi) is 4.13. The van der Waals surface area contributed by atoms with E-state index in [1.165, 1.54) is 17.8 Å². The molecule has 0 amide bonds. The highest BCUT2D eigenvalue weighted by atomic mass is 16.5. The summed E-state index contributed by atoms with van der Waals surface area (Å²) in [4.78, 5) is 4.84. The van der Waals surface area contributed by atoms with Crippen LogP contribution in [0.15, 0.2) is 24.3 Å². The zero-order chi connectivity index (χ0) is 13.9. The van der Waals surface area contributed by atoms with Crippen LogP contribution >= 0.6 is 0 Å². The van der Waals surface area contributed by atoms with Crippen LogP contribution in [-0.2, 0) is 4.74 Å². The van der Waals surface area contributed by atoms with Crippen molar-refractivity contribution in [2.75, 3.05) is 49.7 Å². The molecule has 4 nitrogen and oxygen atoms in total. The number of hydrogen-bond acceptors (Lipinski definition) is 4. The summed E-state index contributed by atoms with van der Waals surface area (Å²) in [6, 6.07) is 9.05. The van der Waals surface area contributed by atoms with Crippen LogP contribution in [0.4, 0.5) is 11.4 Å². The molecular formula is C16H25N3O. The molecule has 0 aromatic heterocycles. The highest BCUT2D eigenvalue weighted by Crippen LogP contribution is 2.35. The van der Waals surface area contributed by atoms with Crippen molar-refractivity contribution in [2.45, 2.75) is 18.9 Å². The SMILES string of the molecule is CN1CCN(C(CN)C2CCCOC2)c2ccccc21. The Hall–Kier alpha value is -1.26. The fourth-order valence-electron chi connectivity index (χ4n) is 3.52. The van der Waals surface area contributed by atoms with E-state index in [9.17, 15) is 0 Å². The smallest absolute Gasteiger partial charge is 0.0607 e. The number of ether oxygens (including phenoxy) is 1. The molecule has 4 heteroatoms. The normalized spacial score (nSPS) is 24.4. The maximum atomic E-state index is 6.12. The van der Waals surface area contributed by atoms with Gasteiger partial charge in [0.15, 0.2) is 0 Å². The van der Waals surface area contributed by atoms with Gasteiger partial charge in [-0.2, -0.15) is 0 Å². The molecule has 0 radical (unpaired) electrons. The molecule has 2 atom stereocenters. The second-order valence-corrected chi connectivity index (χ2v) is 5.88. The van der Waals surface area contributed by atoms with E-state index in [1.54, 1.807) is 0 Å². The van der Waals surface area contributed by atoms with Gasteiger partial charge in [-0.25, -0.2) is 0 Å². The first kappa shape index (κ1) is 13.7. The van der Waals surface area contributed by atoms with E-state index in [2.05, 4.69) is 41.1 Å². The second-order valence-electron chi connectivity index (χ2n) is 5.88. The van der Waals surface area contributed by atoms with Crippen molar-refractivity contribution in [3.05, 3.63) is 24.3 Å². The maximum Gasteiger partial charge on any atom is 0.0607 e. The number of nitrogens with two attached hydrogens (primary N) is 1. The van der Waals surface area contributed by atoms with E-state index >= 15 is 0 Å². The van der Waals surface area contributed by atoms with E-state index in [-0.39, 0.29) is 0 Å². The molecule has 2 heterocycles. The Morgan fingerprint density at radius 1 is 1.30 bits per heavy atom. The van der Waals surface area contributed by atoms with Crippen LogP contribution in [0, 0.1) is 5.92 Å². The minimum atomic E-state index is 0.394. The molecule has 1 fully saturated rings. The summed E-state index contributed by atoms with van der Waals surface area (Å²) >= 11 is 0. The van der Waals surface area contributed by atoms with Gasteiger partial charge in [-0.1, -0.05) is 12.1 Å². The zero-order valence-corrected chi connectivity index (χ0v) is 12.3. The lowest BCUT2D eigenvalue weighted by atomic mass is 9.91. The minimum absolute atomic E-state index is 0.394. The summed E-state index contributed by atoms with van der Waals surface area (Å²) in [5.41, 5.74) is 8.75. The summed E-state index contributed by atoms with van der Waals surface area (Å²) in [5.74, 6) is 0.560. The number of rotatable bonds is 3. The van der Waals surface area contributed by atoms with Crippen molar-refractivity contribution in [1.29, 1.82) is 0 Å². The molecule has 0 bridgehead atoms. The molecule has 2 unspecified atom stereocenters. The molecule has 1 aromatic carbocycles. The van der Waals surface area contributed by atoms with Crippen LogP contribution < -0.4 is 15.5 Å². The highest BCUT2D eigenvalue weighted by molar-refractivity contribution is 5.73. The third-order valence-electron chi connectivity index (χ3n) is 4.66. The number of anilines is 2. The predicted molar refractivity (Wildman–Crippen MR) is 83.4 cm³/mol. The third kappa shape index (κ3) is 2.50. The maximum absolute atomic E-state index is 6.12. The Morgan fingerprint density at radius 2 is 2.10 bits per heavy atom. The van der Waals surface area contributed by atoms with Crippen molar-refractivity contribution < 1.29 is 4.74 Å². The van der Waals surface area contributed by atoms with E-state index < -0.39 is 0 Å². The second kappa shape index (κ2) is 6.02. The zero-order valence-electron chi connectivity index (χ0n) is 12.3. The summed E-state index contributed by atoms with van der Waals surface area (Å²) in [6.45, 7) is 4.57. The van der Waals surface area contributed by atoms with Crippen LogP contribution in [0.1, 0.15) is 12.8 Å². The number of likely N-dealkylation sites (N-methyl/N-ethyl adjacent to an activating group) is 1. The van der Waals surface area contributed by atoms with Crippen LogP contribution in [0.3, 0.4) is 0 Å². The number of hydrogen-bond donors (Lipinski definition) is 1. The minimum Gasteiger partial charge on any atom is -0.381 e. The number of nitrogens with zero attached hydrogens (tertiary/aromatic N) is 2. The summed E-state index contributed by atoms with van der Waals surface area (Å²) in [6.07, 6.45) is 2.40. The lowest BCUT2D eigenvalue weighted by molar-refractivity contribution is 0.0447. The summed E-state index contributed by atoms with van der Waals surface area (Å²) < 4.78 is 5.67. The number of fused-ring (bicyclic) bond motifs is 1. The first-order valence-electron chi connectivity index (χ1n) is 7.66. The van der Waals surface area contributed by atoms with Crippen molar-refractivity contribution in [3.63, 3.8) is 0 Å². The molecule has 0 spiro atoms. The van der Waals surface area contributed by atoms with E-state index in [4.69, 9.17) is 10.5 Å². The Morgan fingerprint density at radius 3 is 2.80 bits per heavy atom. The van der Waals surface area contributed by atoms with Gasteiger partial charge in [0.1, 0.15) is 0 Å². The molecule has 1 saturated heterocycles. The lowest BCUT2D eigenvalue weighted by Crippen LogP contribution is -2.52. The van der Waals surface area contributed by atoms with Gasteiger partial charge in [-0.05, 0) is 25.0 Å². The van der Waals surface area contributed by atoms with Gasteiger partial charge < -0.3 is 20.3 Å². The lowest BCUT2D eigenvalue weighted by Gasteiger charge is -2.44. The summed E-state index contributed by atoms with van der Waals surface area (Å²) in [5, 5.41) is 0. The largest absolute Gasteiger partial charge is 0.381 e.